The summed E-state index contributed by atoms with van der Waals surface area (Å²) in [5.41, 5.74) is 3.21. The van der Waals surface area contributed by atoms with Crippen molar-refractivity contribution in [2.24, 2.45) is 23.2 Å². The number of hydrogen-bond donors (Lipinski definition) is 1. The van der Waals surface area contributed by atoms with Crippen molar-refractivity contribution in [2.45, 2.75) is 64.2 Å². The van der Waals surface area contributed by atoms with Gasteiger partial charge in [-0.05, 0) is 75.2 Å². The number of carbonyl (C=O) groups excluding carboxylic acids is 1. The van der Waals surface area contributed by atoms with E-state index in [1.807, 2.05) is 31.2 Å². The van der Waals surface area contributed by atoms with Crippen LogP contribution in [0.15, 0.2) is 30.6 Å². The summed E-state index contributed by atoms with van der Waals surface area (Å²) in [5, 5.41) is 3.17. The molecule has 7 rings (SSSR count). The maximum Gasteiger partial charge on any atom is 0.231 e. The van der Waals surface area contributed by atoms with Gasteiger partial charge in [-0.3, -0.25) is 4.79 Å². The molecule has 1 amide bonds. The second-order valence-corrected chi connectivity index (χ2v) is 13.1. The van der Waals surface area contributed by atoms with E-state index in [0.29, 0.717) is 42.2 Å². The summed E-state index contributed by atoms with van der Waals surface area (Å²) < 4.78 is 27.7. The van der Waals surface area contributed by atoms with Crippen LogP contribution in [0, 0.1) is 30.1 Å². The van der Waals surface area contributed by atoms with Gasteiger partial charge in [0.2, 0.25) is 15.9 Å². The highest BCUT2D eigenvalue weighted by Crippen LogP contribution is 2.60. The second kappa shape index (κ2) is 8.12. The maximum absolute atomic E-state index is 13.5. The van der Waals surface area contributed by atoms with Gasteiger partial charge in [0.1, 0.15) is 12.1 Å². The number of fused-ring (bicyclic) bond motifs is 1. The van der Waals surface area contributed by atoms with Crippen LogP contribution in [0.1, 0.15) is 60.9 Å². The van der Waals surface area contributed by atoms with Gasteiger partial charge in [0.05, 0.1) is 23.4 Å². The van der Waals surface area contributed by atoms with E-state index in [9.17, 15) is 13.2 Å². The van der Waals surface area contributed by atoms with Crippen molar-refractivity contribution < 1.29 is 13.2 Å². The summed E-state index contributed by atoms with van der Waals surface area (Å²) in [7, 11) is -3.47. The molecule has 0 radical (unpaired) electrons. The van der Waals surface area contributed by atoms with Crippen LogP contribution < -0.4 is 5.32 Å². The normalized spacial score (nSPS) is 30.2. The largest absolute Gasteiger partial charge is 0.310 e. The molecule has 0 spiro atoms. The summed E-state index contributed by atoms with van der Waals surface area (Å²) in [6.45, 7) is 2.57. The number of hydrogen-bond acceptors (Lipinski definition) is 5. The number of anilines is 1. The molecule has 0 atom stereocenters. The van der Waals surface area contributed by atoms with Crippen molar-refractivity contribution in [1.82, 2.24) is 14.3 Å². The Balaban J connectivity index is 1.18. The molecular formula is C26H32N4O3S. The molecular weight excluding hydrogens is 448 g/mol. The fraction of sp³-hybridized carbons (Fsp3) is 0.577. The van der Waals surface area contributed by atoms with E-state index in [2.05, 4.69) is 15.3 Å². The number of nitrogens with one attached hydrogen (secondary N) is 1. The summed E-state index contributed by atoms with van der Waals surface area (Å²) in [5.74, 6) is 2.75. The van der Waals surface area contributed by atoms with Crippen molar-refractivity contribution >= 4 is 21.7 Å². The Morgan fingerprint density at radius 3 is 2.35 bits per heavy atom. The lowest BCUT2D eigenvalue weighted by Crippen LogP contribution is -2.52. The summed E-state index contributed by atoms with van der Waals surface area (Å²) in [4.78, 5) is 22.3. The Morgan fingerprint density at radius 2 is 1.71 bits per heavy atom. The number of amides is 1. The van der Waals surface area contributed by atoms with Crippen LogP contribution in [-0.2, 0) is 33.5 Å². The van der Waals surface area contributed by atoms with Crippen LogP contribution in [0.2, 0.25) is 0 Å². The lowest BCUT2D eigenvalue weighted by Gasteiger charge is -2.55. The minimum atomic E-state index is -3.47. The number of rotatable bonds is 5. The van der Waals surface area contributed by atoms with Crippen LogP contribution >= 0.6 is 0 Å². The van der Waals surface area contributed by atoms with E-state index in [1.165, 1.54) is 29.9 Å². The molecule has 4 aliphatic carbocycles. The van der Waals surface area contributed by atoms with E-state index >= 15 is 0 Å². The molecule has 0 unspecified atom stereocenters. The van der Waals surface area contributed by atoms with Gasteiger partial charge in [0.15, 0.2) is 0 Å². The lowest BCUT2D eigenvalue weighted by molar-refractivity contribution is -0.140. The third kappa shape index (κ3) is 3.94. The number of aromatic nitrogens is 2. The van der Waals surface area contributed by atoms with Gasteiger partial charge in [-0.25, -0.2) is 18.4 Å². The number of aryl methyl sites for hydroxylation is 1. The molecule has 34 heavy (non-hydrogen) atoms. The van der Waals surface area contributed by atoms with E-state index < -0.39 is 10.0 Å². The minimum Gasteiger partial charge on any atom is -0.310 e. The molecule has 0 saturated heterocycles. The molecule has 8 heteroatoms. The van der Waals surface area contributed by atoms with Crippen LogP contribution in [0.3, 0.4) is 0 Å². The Morgan fingerprint density at radius 1 is 1.06 bits per heavy atom. The quantitative estimate of drug-likeness (QED) is 0.702. The van der Waals surface area contributed by atoms with E-state index in [0.717, 1.165) is 36.0 Å². The lowest BCUT2D eigenvalue weighted by atomic mass is 9.49. The average molecular weight is 481 g/mol. The molecule has 1 N–H and O–H groups in total. The van der Waals surface area contributed by atoms with Crippen molar-refractivity contribution in [1.29, 1.82) is 0 Å². The minimum absolute atomic E-state index is 0.0245. The molecule has 4 saturated carbocycles. The van der Waals surface area contributed by atoms with Gasteiger partial charge < -0.3 is 5.32 Å². The van der Waals surface area contributed by atoms with Crippen LogP contribution in [-0.4, -0.2) is 35.1 Å². The molecule has 2 heterocycles. The van der Waals surface area contributed by atoms with Gasteiger partial charge in [-0.1, -0.05) is 29.8 Å². The van der Waals surface area contributed by atoms with Gasteiger partial charge in [-0.2, -0.15) is 4.31 Å². The monoisotopic (exact) mass is 480 g/mol. The maximum atomic E-state index is 13.5. The molecule has 4 fully saturated rings. The SMILES string of the molecule is Cc1ccc(CS(=O)(=O)N2CCc3c(ncnc3NC(=O)C34CC5CC(CC(C5)C3)C4)C2)cc1. The van der Waals surface area contributed by atoms with E-state index in [4.69, 9.17) is 0 Å². The molecule has 2 aromatic rings. The third-order valence-electron chi connectivity index (χ3n) is 8.59. The second-order valence-electron chi connectivity index (χ2n) is 11.1. The number of benzene rings is 1. The highest BCUT2D eigenvalue weighted by Gasteiger charge is 2.54. The summed E-state index contributed by atoms with van der Waals surface area (Å²) in [6, 6.07) is 7.60. The smallest absolute Gasteiger partial charge is 0.231 e. The van der Waals surface area contributed by atoms with Crippen molar-refractivity contribution in [3.8, 4) is 0 Å². The molecule has 5 aliphatic rings. The summed E-state index contributed by atoms with van der Waals surface area (Å²) in [6.07, 6.45) is 8.84. The first-order valence-electron chi connectivity index (χ1n) is 12.5. The highest BCUT2D eigenvalue weighted by molar-refractivity contribution is 7.88. The van der Waals surface area contributed by atoms with Gasteiger partial charge in [0, 0.05) is 12.1 Å². The van der Waals surface area contributed by atoms with Crippen molar-refractivity contribution in [3.63, 3.8) is 0 Å². The standard InChI is InChI=1S/C26H32N4O3S/c1-17-2-4-18(5-3-17)15-34(32,33)30-7-6-22-23(14-30)27-16-28-24(22)29-25(31)26-11-19-8-20(12-26)10-21(9-19)13-26/h2-5,16,19-21H,6-15H2,1H3,(H,27,28,29,31). The zero-order valence-electron chi connectivity index (χ0n) is 19.7. The average Bonchev–Trinajstić information content (AvgIpc) is 2.79. The predicted molar refractivity (Wildman–Crippen MR) is 129 cm³/mol. The fourth-order valence-electron chi connectivity index (χ4n) is 7.29. The first kappa shape index (κ1) is 22.2. The Labute approximate surface area is 201 Å². The zero-order chi connectivity index (χ0) is 23.5. The van der Waals surface area contributed by atoms with Gasteiger partial charge in [-0.15, -0.1) is 0 Å². The molecule has 1 aliphatic heterocycles. The highest BCUT2D eigenvalue weighted by atomic mass is 32.2. The van der Waals surface area contributed by atoms with Crippen LogP contribution in [0.4, 0.5) is 5.82 Å². The number of carbonyl (C=O) groups is 1. The Bertz CT molecular complexity index is 1190. The van der Waals surface area contributed by atoms with Crippen molar-refractivity contribution in [2.75, 3.05) is 11.9 Å². The topological polar surface area (TPSA) is 92.3 Å². The first-order valence-corrected chi connectivity index (χ1v) is 14.1. The predicted octanol–water partition coefficient (Wildman–Crippen LogP) is 3.83. The first-order chi connectivity index (χ1) is 16.3. The van der Waals surface area contributed by atoms with Gasteiger partial charge in [0.25, 0.3) is 0 Å². The summed E-state index contributed by atoms with van der Waals surface area (Å²) >= 11 is 0. The Hall–Kier alpha value is -2.32. The van der Waals surface area contributed by atoms with E-state index in [1.54, 1.807) is 0 Å². The Kier molecular flexibility index (Phi) is 5.30. The van der Waals surface area contributed by atoms with Gasteiger partial charge >= 0.3 is 0 Å². The fourth-order valence-corrected chi connectivity index (χ4v) is 8.78. The molecule has 1 aromatic heterocycles. The zero-order valence-corrected chi connectivity index (χ0v) is 20.5. The number of sulfonamides is 1. The van der Waals surface area contributed by atoms with Crippen LogP contribution in [0.5, 0.6) is 0 Å². The number of nitrogens with zero attached hydrogens (tertiary/aromatic N) is 3. The molecule has 180 valence electrons. The molecule has 4 bridgehead atoms. The molecule has 1 aromatic carbocycles. The van der Waals surface area contributed by atoms with E-state index in [-0.39, 0.29) is 23.6 Å². The third-order valence-corrected chi connectivity index (χ3v) is 10.4. The molecule has 7 nitrogen and oxygen atoms in total. The van der Waals surface area contributed by atoms with Crippen molar-refractivity contribution in [3.05, 3.63) is 53.0 Å². The van der Waals surface area contributed by atoms with Crippen LogP contribution in [0.25, 0.3) is 0 Å².